The Labute approximate surface area is 123 Å². The first-order valence-electron chi connectivity index (χ1n) is 5.99. The van der Waals surface area contributed by atoms with Gasteiger partial charge in [-0.2, -0.15) is 0 Å². The summed E-state index contributed by atoms with van der Waals surface area (Å²) < 4.78 is 5.93. The summed E-state index contributed by atoms with van der Waals surface area (Å²) in [5.74, 6) is 0.738. The van der Waals surface area contributed by atoms with Crippen molar-refractivity contribution in [2.75, 3.05) is 0 Å². The Kier molecular flexibility index (Phi) is 4.70. The molecule has 2 unspecified atom stereocenters. The largest absolute Gasteiger partial charge is 0.484 e. The van der Waals surface area contributed by atoms with Crippen molar-refractivity contribution < 1.29 is 4.74 Å². The van der Waals surface area contributed by atoms with E-state index in [0.29, 0.717) is 10.0 Å². The summed E-state index contributed by atoms with van der Waals surface area (Å²) in [5, 5.41) is 1.37. The summed E-state index contributed by atoms with van der Waals surface area (Å²) in [6.07, 6.45) is -0.224. The molecule has 19 heavy (non-hydrogen) atoms. The molecule has 0 aliphatic heterocycles. The molecule has 0 saturated heterocycles. The SMILES string of the molecule is CC(N)C(Oc1ccc(Cl)cc1)c1ccc(Cl)cc1. The molecule has 0 heterocycles. The summed E-state index contributed by atoms with van der Waals surface area (Å²) in [6.45, 7) is 1.91. The van der Waals surface area contributed by atoms with Gasteiger partial charge in [-0.1, -0.05) is 35.3 Å². The third-order valence-corrected chi connectivity index (χ3v) is 3.26. The third-order valence-electron chi connectivity index (χ3n) is 2.75. The maximum Gasteiger partial charge on any atom is 0.138 e. The van der Waals surface area contributed by atoms with Gasteiger partial charge in [0.25, 0.3) is 0 Å². The van der Waals surface area contributed by atoms with Crippen LogP contribution in [0.4, 0.5) is 0 Å². The number of hydrogen-bond donors (Lipinski definition) is 1. The predicted molar refractivity (Wildman–Crippen MR) is 79.9 cm³/mol. The second-order valence-corrected chi connectivity index (χ2v) is 5.28. The van der Waals surface area contributed by atoms with Crippen LogP contribution in [0.1, 0.15) is 18.6 Å². The molecule has 0 spiro atoms. The topological polar surface area (TPSA) is 35.2 Å². The van der Waals surface area contributed by atoms with Gasteiger partial charge in [0.05, 0.1) is 0 Å². The molecule has 2 N–H and O–H groups in total. The van der Waals surface area contributed by atoms with E-state index in [-0.39, 0.29) is 12.1 Å². The number of hydrogen-bond acceptors (Lipinski definition) is 2. The molecule has 0 aromatic heterocycles. The van der Waals surface area contributed by atoms with Gasteiger partial charge in [-0.3, -0.25) is 0 Å². The van der Waals surface area contributed by atoms with Gasteiger partial charge in [-0.25, -0.2) is 0 Å². The zero-order valence-corrected chi connectivity index (χ0v) is 12.0. The van der Waals surface area contributed by atoms with Crippen molar-refractivity contribution in [2.45, 2.75) is 19.1 Å². The van der Waals surface area contributed by atoms with E-state index in [9.17, 15) is 0 Å². The number of benzene rings is 2. The fourth-order valence-corrected chi connectivity index (χ4v) is 2.04. The van der Waals surface area contributed by atoms with Gasteiger partial charge in [0.1, 0.15) is 11.9 Å². The van der Waals surface area contributed by atoms with Crippen LogP contribution in [0.5, 0.6) is 5.75 Å². The lowest BCUT2D eigenvalue weighted by Gasteiger charge is -2.23. The lowest BCUT2D eigenvalue weighted by atomic mass is 10.0. The van der Waals surface area contributed by atoms with Crippen LogP contribution in [0.15, 0.2) is 48.5 Å². The van der Waals surface area contributed by atoms with E-state index in [2.05, 4.69) is 0 Å². The van der Waals surface area contributed by atoms with Gasteiger partial charge in [0.2, 0.25) is 0 Å². The minimum absolute atomic E-state index is 0.142. The van der Waals surface area contributed by atoms with Crippen molar-refractivity contribution in [1.82, 2.24) is 0 Å². The third kappa shape index (κ3) is 3.87. The first-order chi connectivity index (χ1) is 9.06. The summed E-state index contributed by atoms with van der Waals surface area (Å²) in [7, 11) is 0. The fourth-order valence-electron chi connectivity index (χ4n) is 1.79. The smallest absolute Gasteiger partial charge is 0.138 e. The average molecular weight is 296 g/mol. The molecular formula is C15H15Cl2NO. The van der Waals surface area contributed by atoms with Crippen LogP contribution >= 0.6 is 23.2 Å². The minimum atomic E-state index is -0.224. The van der Waals surface area contributed by atoms with Crippen LogP contribution in [0.2, 0.25) is 10.0 Å². The van der Waals surface area contributed by atoms with E-state index in [1.54, 1.807) is 12.1 Å². The first kappa shape index (κ1) is 14.2. The van der Waals surface area contributed by atoms with Crippen LogP contribution in [0, 0.1) is 0 Å². The Bertz CT molecular complexity index is 523. The molecule has 0 saturated carbocycles. The highest BCUT2D eigenvalue weighted by Gasteiger charge is 2.18. The molecule has 0 radical (unpaired) electrons. The van der Waals surface area contributed by atoms with Crippen LogP contribution in [0.25, 0.3) is 0 Å². The van der Waals surface area contributed by atoms with E-state index in [4.69, 9.17) is 33.7 Å². The first-order valence-corrected chi connectivity index (χ1v) is 6.75. The predicted octanol–water partition coefficient (Wildman–Crippen LogP) is 4.46. The average Bonchev–Trinajstić information content (AvgIpc) is 2.39. The number of rotatable bonds is 4. The number of nitrogens with two attached hydrogens (primary N) is 1. The lowest BCUT2D eigenvalue weighted by molar-refractivity contribution is 0.180. The molecular weight excluding hydrogens is 281 g/mol. The molecule has 0 fully saturated rings. The lowest BCUT2D eigenvalue weighted by Crippen LogP contribution is -2.29. The quantitative estimate of drug-likeness (QED) is 0.904. The molecule has 2 atom stereocenters. The van der Waals surface area contributed by atoms with Crippen molar-refractivity contribution in [2.24, 2.45) is 5.73 Å². The number of ether oxygens (including phenoxy) is 1. The zero-order chi connectivity index (χ0) is 13.8. The Morgan fingerprint density at radius 2 is 1.37 bits per heavy atom. The Morgan fingerprint density at radius 3 is 1.84 bits per heavy atom. The zero-order valence-electron chi connectivity index (χ0n) is 10.5. The monoisotopic (exact) mass is 295 g/mol. The second-order valence-electron chi connectivity index (χ2n) is 4.40. The van der Waals surface area contributed by atoms with Gasteiger partial charge < -0.3 is 10.5 Å². The highest BCUT2D eigenvalue weighted by atomic mass is 35.5. The standard InChI is InChI=1S/C15H15Cl2NO/c1-10(18)15(11-2-4-12(16)5-3-11)19-14-8-6-13(17)7-9-14/h2-10,15H,18H2,1H3. The van der Waals surface area contributed by atoms with Crippen molar-refractivity contribution in [1.29, 1.82) is 0 Å². The second kappa shape index (κ2) is 6.29. The van der Waals surface area contributed by atoms with Crippen LogP contribution in [0.3, 0.4) is 0 Å². The molecule has 2 aromatic rings. The molecule has 0 bridgehead atoms. The number of halogens is 2. The van der Waals surface area contributed by atoms with Crippen molar-refractivity contribution in [3.63, 3.8) is 0 Å². The van der Waals surface area contributed by atoms with E-state index in [1.165, 1.54) is 0 Å². The van der Waals surface area contributed by atoms with Crippen molar-refractivity contribution in [3.05, 3.63) is 64.1 Å². The Balaban J connectivity index is 2.21. The highest BCUT2D eigenvalue weighted by molar-refractivity contribution is 6.30. The molecule has 0 amide bonds. The summed E-state index contributed by atoms with van der Waals surface area (Å²) >= 11 is 11.7. The van der Waals surface area contributed by atoms with Gasteiger partial charge in [-0.05, 0) is 48.9 Å². The normalized spacial score (nSPS) is 13.9. The van der Waals surface area contributed by atoms with Crippen LogP contribution < -0.4 is 10.5 Å². The molecule has 2 aromatic carbocycles. The van der Waals surface area contributed by atoms with Gasteiger partial charge in [0.15, 0.2) is 0 Å². The molecule has 2 rings (SSSR count). The summed E-state index contributed by atoms with van der Waals surface area (Å²) in [5.41, 5.74) is 7.00. The highest BCUT2D eigenvalue weighted by Crippen LogP contribution is 2.26. The maximum atomic E-state index is 6.00. The maximum absolute atomic E-state index is 6.00. The van der Waals surface area contributed by atoms with E-state index < -0.39 is 0 Å². The van der Waals surface area contributed by atoms with Gasteiger partial charge in [0, 0.05) is 16.1 Å². The molecule has 2 nitrogen and oxygen atoms in total. The van der Waals surface area contributed by atoms with Crippen molar-refractivity contribution in [3.8, 4) is 5.75 Å². The van der Waals surface area contributed by atoms with Crippen molar-refractivity contribution >= 4 is 23.2 Å². The molecule has 100 valence electrons. The van der Waals surface area contributed by atoms with E-state index in [1.807, 2.05) is 43.3 Å². The summed E-state index contributed by atoms with van der Waals surface area (Å²) in [6, 6.07) is 14.6. The molecule has 0 aliphatic rings. The van der Waals surface area contributed by atoms with Gasteiger partial charge >= 0.3 is 0 Å². The van der Waals surface area contributed by atoms with E-state index in [0.717, 1.165) is 11.3 Å². The Morgan fingerprint density at radius 1 is 0.895 bits per heavy atom. The van der Waals surface area contributed by atoms with Crippen LogP contribution in [-0.2, 0) is 0 Å². The van der Waals surface area contributed by atoms with Crippen LogP contribution in [-0.4, -0.2) is 6.04 Å². The van der Waals surface area contributed by atoms with E-state index >= 15 is 0 Å². The molecule has 0 aliphatic carbocycles. The van der Waals surface area contributed by atoms with Gasteiger partial charge in [-0.15, -0.1) is 0 Å². The molecule has 4 heteroatoms. The Hall–Kier alpha value is -1.22. The minimum Gasteiger partial charge on any atom is -0.484 e. The summed E-state index contributed by atoms with van der Waals surface area (Å²) in [4.78, 5) is 0. The fraction of sp³-hybridized carbons (Fsp3) is 0.200.